The molecule has 0 spiro atoms. The molecule has 2 N–H and O–H groups in total. The van der Waals surface area contributed by atoms with Gasteiger partial charge in [0.2, 0.25) is 0 Å². The van der Waals surface area contributed by atoms with Gasteiger partial charge in [0.1, 0.15) is 18.0 Å². The van der Waals surface area contributed by atoms with Crippen molar-refractivity contribution in [2.24, 2.45) is 0 Å². The van der Waals surface area contributed by atoms with E-state index in [4.69, 9.17) is 14.2 Å². The second kappa shape index (κ2) is 8.98. The first-order valence-corrected chi connectivity index (χ1v) is 7.68. The number of aliphatic carboxylic acids is 1. The third kappa shape index (κ3) is 6.22. The molecule has 2 rings (SSSR count). The molecule has 6 nitrogen and oxygen atoms in total. The van der Waals surface area contributed by atoms with Gasteiger partial charge in [0.05, 0.1) is 0 Å². The van der Waals surface area contributed by atoms with Crippen molar-refractivity contribution in [1.82, 2.24) is 5.09 Å². The Morgan fingerprint density at radius 3 is 1.77 bits per heavy atom. The van der Waals surface area contributed by atoms with Crippen molar-refractivity contribution in [3.05, 3.63) is 60.7 Å². The van der Waals surface area contributed by atoms with E-state index in [2.05, 4.69) is 5.09 Å². The summed E-state index contributed by atoms with van der Waals surface area (Å²) in [6.07, 6.45) is 0. The molecule has 0 atom stereocenters. The average molecular weight is 331 g/mol. The Kier molecular flexibility index (Phi) is 7.65. The molecule has 112 valence electrons. The summed E-state index contributed by atoms with van der Waals surface area (Å²) in [6, 6.07) is 16.8. The van der Waals surface area contributed by atoms with E-state index in [1.54, 1.807) is 60.7 Å². The van der Waals surface area contributed by atoms with Crippen molar-refractivity contribution in [2.45, 2.75) is 0 Å². The van der Waals surface area contributed by atoms with Crippen molar-refractivity contribution >= 4 is 13.7 Å². The molecule has 0 aliphatic rings. The summed E-state index contributed by atoms with van der Waals surface area (Å²) in [6.45, 7) is -0.545. The normalized spacial score (nSPS) is 10.4. The Morgan fingerprint density at radius 1 is 1.00 bits per heavy atom. The number of nitrogens with one attached hydrogen (secondary N) is 1. The number of benzene rings is 2. The summed E-state index contributed by atoms with van der Waals surface area (Å²) < 4.78 is 23.3. The van der Waals surface area contributed by atoms with Crippen LogP contribution in [0.25, 0.3) is 0 Å². The number of hydrogen-bond donors (Lipinski definition) is 2. The fourth-order valence-electron chi connectivity index (χ4n) is 1.49. The third-order valence-corrected chi connectivity index (χ3v) is 3.81. The summed E-state index contributed by atoms with van der Waals surface area (Å²) in [5.74, 6) is -0.534. The minimum Gasteiger partial charge on any atom is -1.00 e. The molecule has 0 unspecified atom stereocenters. The Hall–Kier alpha value is -1.30. The van der Waals surface area contributed by atoms with Crippen molar-refractivity contribution < 1.29 is 54.5 Å². The number of carboxylic acid groups (broad SMARTS) is 1. The Labute approximate surface area is 151 Å². The molecule has 0 aromatic heterocycles. The molecule has 2 aromatic carbocycles. The molecule has 0 saturated carbocycles. The van der Waals surface area contributed by atoms with E-state index < -0.39 is 20.3 Å². The van der Waals surface area contributed by atoms with E-state index in [1.807, 2.05) is 0 Å². The van der Waals surface area contributed by atoms with E-state index >= 15 is 0 Å². The van der Waals surface area contributed by atoms with Crippen LogP contribution < -0.4 is 43.7 Å². The monoisotopic (exact) mass is 331 g/mol. The quantitative estimate of drug-likeness (QED) is 0.551. The molecule has 0 aliphatic heterocycles. The maximum absolute atomic E-state index is 12.6. The first kappa shape index (κ1) is 18.7. The van der Waals surface area contributed by atoms with Gasteiger partial charge in [-0.2, -0.15) is 5.09 Å². The molecule has 0 bridgehead atoms. The number of carboxylic acids is 1. The maximum Gasteiger partial charge on any atom is 1.00 e. The van der Waals surface area contributed by atoms with Gasteiger partial charge in [-0.05, 0) is 24.3 Å². The topological polar surface area (TPSA) is 84.9 Å². The zero-order valence-corrected chi connectivity index (χ0v) is 14.9. The van der Waals surface area contributed by atoms with Gasteiger partial charge < -0.3 is 15.6 Å². The molecule has 0 fully saturated rings. The van der Waals surface area contributed by atoms with Crippen LogP contribution in [0.3, 0.4) is 0 Å². The van der Waals surface area contributed by atoms with Crippen LogP contribution in [-0.4, -0.2) is 17.6 Å². The second-order valence-corrected chi connectivity index (χ2v) is 5.71. The summed E-state index contributed by atoms with van der Waals surface area (Å²) >= 11 is 0. The minimum absolute atomic E-state index is 0. The first-order valence-electron chi connectivity index (χ1n) is 6.14. The average Bonchev–Trinajstić information content (AvgIpc) is 2.47. The largest absolute Gasteiger partial charge is 1.00 e. The van der Waals surface area contributed by atoms with Gasteiger partial charge in [0, 0.05) is 0 Å². The fourth-order valence-corrected chi connectivity index (χ4v) is 2.78. The van der Waals surface area contributed by atoms with Gasteiger partial charge in [-0.1, -0.05) is 36.4 Å². The fraction of sp³-hybridized carbons (Fsp3) is 0.0714. The standard InChI is InChI=1S/C14H14NO5P.Na.H/c16-14(17)11-15-21(18,19-12-7-3-1-4-8-12)20-13-9-5-2-6-10-13;;/h1-10H,11H2,(H,15,18)(H,16,17);;/q;+1;-1. The third-order valence-electron chi connectivity index (χ3n) is 2.36. The summed E-state index contributed by atoms with van der Waals surface area (Å²) in [7, 11) is -3.85. The van der Waals surface area contributed by atoms with Crippen LogP contribution in [0.15, 0.2) is 60.7 Å². The summed E-state index contributed by atoms with van der Waals surface area (Å²) in [5, 5.41) is 11.0. The minimum atomic E-state index is -3.85. The zero-order chi connectivity index (χ0) is 15.1. The maximum atomic E-state index is 12.6. The van der Waals surface area contributed by atoms with Crippen molar-refractivity contribution in [1.29, 1.82) is 0 Å². The number of para-hydroxylation sites is 2. The summed E-state index contributed by atoms with van der Waals surface area (Å²) in [5.41, 5.74) is 0. The van der Waals surface area contributed by atoms with Crippen LogP contribution in [0.5, 0.6) is 11.5 Å². The Bertz CT molecular complexity index is 599. The van der Waals surface area contributed by atoms with E-state index in [-0.39, 0.29) is 31.0 Å². The molecular formula is C14H15NNaO5P. The molecule has 0 amide bonds. The number of carbonyl (C=O) groups is 1. The van der Waals surface area contributed by atoms with Crippen molar-refractivity contribution in [3.8, 4) is 11.5 Å². The van der Waals surface area contributed by atoms with Crippen molar-refractivity contribution in [2.75, 3.05) is 6.54 Å². The molecule has 22 heavy (non-hydrogen) atoms. The molecule has 0 radical (unpaired) electrons. The van der Waals surface area contributed by atoms with Crippen LogP contribution in [0, 0.1) is 0 Å². The van der Waals surface area contributed by atoms with Gasteiger partial charge in [0.15, 0.2) is 0 Å². The number of rotatable bonds is 7. The molecule has 0 aliphatic carbocycles. The number of hydrogen-bond acceptors (Lipinski definition) is 4. The van der Waals surface area contributed by atoms with E-state index in [0.29, 0.717) is 11.5 Å². The van der Waals surface area contributed by atoms with E-state index in [9.17, 15) is 9.36 Å². The second-order valence-electron chi connectivity index (χ2n) is 4.03. The van der Waals surface area contributed by atoms with Crippen molar-refractivity contribution in [3.63, 3.8) is 0 Å². The van der Waals surface area contributed by atoms with Crippen LogP contribution in [0.4, 0.5) is 0 Å². The molecule has 2 aromatic rings. The molecule has 0 saturated heterocycles. The SMILES string of the molecule is O=C(O)CNP(=O)(Oc1ccccc1)Oc1ccccc1.[H-].[Na+]. The Morgan fingerprint density at radius 2 is 1.41 bits per heavy atom. The van der Waals surface area contributed by atoms with Gasteiger partial charge >= 0.3 is 43.3 Å². The zero-order valence-electron chi connectivity index (χ0n) is 13.0. The first-order chi connectivity index (χ1) is 10.1. The van der Waals surface area contributed by atoms with Gasteiger partial charge in [0.25, 0.3) is 0 Å². The molecular weight excluding hydrogens is 316 g/mol. The van der Waals surface area contributed by atoms with Gasteiger partial charge in [-0.15, -0.1) is 0 Å². The Balaban J connectivity index is 0.00000242. The van der Waals surface area contributed by atoms with E-state index in [0.717, 1.165) is 0 Å². The van der Waals surface area contributed by atoms with E-state index in [1.165, 1.54) is 0 Å². The van der Waals surface area contributed by atoms with Gasteiger partial charge in [-0.25, -0.2) is 4.57 Å². The predicted molar refractivity (Wildman–Crippen MR) is 78.5 cm³/mol. The molecule has 0 heterocycles. The van der Waals surface area contributed by atoms with Gasteiger partial charge in [-0.3, -0.25) is 4.79 Å². The van der Waals surface area contributed by atoms with Crippen LogP contribution in [-0.2, 0) is 9.36 Å². The van der Waals surface area contributed by atoms with Crippen LogP contribution in [0.1, 0.15) is 1.43 Å². The predicted octanol–water partition coefficient (Wildman–Crippen LogP) is 0.0432. The van der Waals surface area contributed by atoms with Crippen LogP contribution in [0.2, 0.25) is 0 Å². The summed E-state index contributed by atoms with van der Waals surface area (Å²) in [4.78, 5) is 10.7. The molecule has 8 heteroatoms. The smallest absolute Gasteiger partial charge is 1.00 e. The van der Waals surface area contributed by atoms with Crippen LogP contribution >= 0.6 is 7.75 Å².